The maximum atomic E-state index is 12.5. The third kappa shape index (κ3) is 3.82. The summed E-state index contributed by atoms with van der Waals surface area (Å²) in [5, 5.41) is 0.530. The predicted molar refractivity (Wildman–Crippen MR) is 84.8 cm³/mol. The van der Waals surface area contributed by atoms with Crippen molar-refractivity contribution in [2.45, 2.75) is 32.0 Å². The lowest BCUT2D eigenvalue weighted by molar-refractivity contribution is -0.0507. The Hall–Kier alpha value is -0.620. The van der Waals surface area contributed by atoms with Crippen molar-refractivity contribution in [1.29, 1.82) is 0 Å². The first-order valence-corrected chi connectivity index (χ1v) is 7.62. The number of alkyl halides is 2. The van der Waals surface area contributed by atoms with Crippen LogP contribution >= 0.6 is 24.0 Å². The average molecular weight is 353 g/mol. The Morgan fingerprint density at radius 3 is 2.77 bits per heavy atom. The van der Waals surface area contributed by atoms with E-state index in [1.807, 2.05) is 0 Å². The molecule has 124 valence electrons. The van der Waals surface area contributed by atoms with Crippen LogP contribution in [0.1, 0.15) is 18.4 Å². The zero-order valence-corrected chi connectivity index (χ0v) is 13.6. The van der Waals surface area contributed by atoms with Crippen LogP contribution in [0.3, 0.4) is 0 Å². The van der Waals surface area contributed by atoms with Gasteiger partial charge in [-0.1, -0.05) is 11.6 Å². The van der Waals surface area contributed by atoms with Gasteiger partial charge < -0.3 is 10.5 Å². The lowest BCUT2D eigenvalue weighted by atomic mass is 9.98. The van der Waals surface area contributed by atoms with Crippen molar-refractivity contribution in [1.82, 2.24) is 4.90 Å². The molecule has 2 fully saturated rings. The van der Waals surface area contributed by atoms with Gasteiger partial charge in [-0.05, 0) is 42.9 Å². The molecule has 1 heterocycles. The Bertz CT molecular complexity index is 518. The Morgan fingerprint density at radius 1 is 1.32 bits per heavy atom. The van der Waals surface area contributed by atoms with Crippen LogP contribution < -0.4 is 10.5 Å². The number of nitrogens with zero attached hydrogens (tertiary/aromatic N) is 1. The molecule has 22 heavy (non-hydrogen) atoms. The Labute approximate surface area is 140 Å². The number of hydrogen-bond acceptors (Lipinski definition) is 3. The highest BCUT2D eigenvalue weighted by atomic mass is 35.5. The summed E-state index contributed by atoms with van der Waals surface area (Å²) in [7, 11) is 0. The van der Waals surface area contributed by atoms with Crippen molar-refractivity contribution in [3.63, 3.8) is 0 Å². The van der Waals surface area contributed by atoms with E-state index in [1.165, 1.54) is 6.07 Å². The number of halogens is 4. The predicted octanol–water partition coefficient (Wildman–Crippen LogP) is 3.53. The van der Waals surface area contributed by atoms with Crippen LogP contribution in [0.4, 0.5) is 8.78 Å². The zero-order chi connectivity index (χ0) is 15.0. The quantitative estimate of drug-likeness (QED) is 0.900. The Kier molecular flexibility index (Phi) is 5.88. The number of ether oxygens (including phenoxy) is 1. The van der Waals surface area contributed by atoms with Crippen molar-refractivity contribution < 1.29 is 13.5 Å². The summed E-state index contributed by atoms with van der Waals surface area (Å²) in [6.07, 6.45) is 2.26. The van der Waals surface area contributed by atoms with Gasteiger partial charge in [-0.15, -0.1) is 12.4 Å². The van der Waals surface area contributed by atoms with Gasteiger partial charge in [-0.3, -0.25) is 4.90 Å². The first-order valence-electron chi connectivity index (χ1n) is 7.24. The van der Waals surface area contributed by atoms with Crippen molar-refractivity contribution >= 4 is 24.0 Å². The second kappa shape index (κ2) is 7.30. The van der Waals surface area contributed by atoms with Gasteiger partial charge in [0.15, 0.2) is 0 Å². The number of benzene rings is 1. The minimum absolute atomic E-state index is 0. The summed E-state index contributed by atoms with van der Waals surface area (Å²) in [4.78, 5) is 2.26. The number of likely N-dealkylation sites (tertiary alicyclic amines) is 1. The van der Waals surface area contributed by atoms with E-state index in [-0.39, 0.29) is 24.2 Å². The highest BCUT2D eigenvalue weighted by Gasteiger charge is 2.40. The molecular weight excluding hydrogens is 333 g/mol. The molecule has 3 nitrogen and oxygen atoms in total. The van der Waals surface area contributed by atoms with E-state index in [4.69, 9.17) is 17.3 Å². The minimum atomic E-state index is -2.82. The van der Waals surface area contributed by atoms with Gasteiger partial charge in [0, 0.05) is 36.3 Å². The molecule has 2 aliphatic rings. The second-order valence-corrected chi connectivity index (χ2v) is 6.43. The van der Waals surface area contributed by atoms with Crippen molar-refractivity contribution in [3.05, 3.63) is 28.8 Å². The minimum Gasteiger partial charge on any atom is -0.434 e. The van der Waals surface area contributed by atoms with Gasteiger partial charge in [0.1, 0.15) is 5.75 Å². The highest BCUT2D eigenvalue weighted by molar-refractivity contribution is 6.30. The van der Waals surface area contributed by atoms with Crippen LogP contribution in [0.5, 0.6) is 5.75 Å². The summed E-state index contributed by atoms with van der Waals surface area (Å²) in [6, 6.07) is 5.05. The molecule has 0 amide bonds. The van der Waals surface area contributed by atoms with E-state index in [9.17, 15) is 8.78 Å². The lowest BCUT2D eigenvalue weighted by Gasteiger charge is -2.20. The second-order valence-electron chi connectivity index (χ2n) is 5.99. The lowest BCUT2D eigenvalue weighted by Crippen LogP contribution is -2.30. The summed E-state index contributed by atoms with van der Waals surface area (Å²) in [6.45, 7) is -0.357. The number of rotatable bonds is 4. The molecule has 3 atom stereocenters. The van der Waals surface area contributed by atoms with Crippen LogP contribution in [0, 0.1) is 11.8 Å². The standard InChI is InChI=1S/C15H19ClF2N2O.ClH/c16-11-2-4-14(21-15(17)18)10(5-11)7-20-6-9-1-3-13(19)12(9)8-20;/h2,4-5,9,12-13,15H,1,3,6-8,19H2;1H. The molecule has 0 spiro atoms. The molecule has 1 aliphatic heterocycles. The summed E-state index contributed by atoms with van der Waals surface area (Å²) in [5.41, 5.74) is 6.83. The fraction of sp³-hybridized carbons (Fsp3) is 0.600. The molecule has 0 radical (unpaired) electrons. The van der Waals surface area contributed by atoms with Crippen LogP contribution in [0.25, 0.3) is 0 Å². The average Bonchev–Trinajstić information content (AvgIpc) is 2.95. The van der Waals surface area contributed by atoms with E-state index in [0.29, 0.717) is 29.0 Å². The summed E-state index contributed by atoms with van der Waals surface area (Å²) in [5.74, 6) is 1.37. The number of fused-ring (bicyclic) bond motifs is 1. The SMILES string of the molecule is Cl.NC1CCC2CN(Cc3cc(Cl)ccc3OC(F)F)CC12. The van der Waals surface area contributed by atoms with Gasteiger partial charge in [0.2, 0.25) is 0 Å². The third-order valence-electron chi connectivity index (χ3n) is 4.62. The maximum absolute atomic E-state index is 12.5. The van der Waals surface area contributed by atoms with Gasteiger partial charge in [-0.25, -0.2) is 0 Å². The van der Waals surface area contributed by atoms with Gasteiger partial charge in [-0.2, -0.15) is 8.78 Å². The fourth-order valence-electron chi connectivity index (χ4n) is 3.65. The monoisotopic (exact) mass is 352 g/mol. The van der Waals surface area contributed by atoms with Crippen molar-refractivity contribution in [2.75, 3.05) is 13.1 Å². The highest BCUT2D eigenvalue weighted by Crippen LogP contribution is 2.38. The van der Waals surface area contributed by atoms with Crippen LogP contribution in [-0.2, 0) is 6.54 Å². The third-order valence-corrected chi connectivity index (χ3v) is 4.86. The first kappa shape index (κ1) is 17.7. The summed E-state index contributed by atoms with van der Waals surface area (Å²) >= 11 is 5.98. The van der Waals surface area contributed by atoms with Crippen molar-refractivity contribution in [3.8, 4) is 5.75 Å². The summed E-state index contributed by atoms with van der Waals surface area (Å²) < 4.78 is 29.5. The fourth-order valence-corrected chi connectivity index (χ4v) is 3.85. The van der Waals surface area contributed by atoms with E-state index in [0.717, 1.165) is 25.9 Å². The van der Waals surface area contributed by atoms with Crippen LogP contribution in [-0.4, -0.2) is 30.6 Å². The Balaban J connectivity index is 0.00000176. The van der Waals surface area contributed by atoms with Crippen LogP contribution in [0.15, 0.2) is 18.2 Å². The molecule has 0 aromatic heterocycles. The van der Waals surface area contributed by atoms with E-state index < -0.39 is 6.61 Å². The molecule has 1 aromatic carbocycles. The van der Waals surface area contributed by atoms with Gasteiger partial charge in [0.05, 0.1) is 0 Å². The molecule has 1 saturated carbocycles. The number of nitrogens with two attached hydrogens (primary N) is 1. The molecule has 2 N–H and O–H groups in total. The first-order chi connectivity index (χ1) is 10.0. The van der Waals surface area contributed by atoms with Gasteiger partial charge >= 0.3 is 6.61 Å². The zero-order valence-electron chi connectivity index (χ0n) is 12.1. The van der Waals surface area contributed by atoms with E-state index in [1.54, 1.807) is 12.1 Å². The molecule has 1 aromatic rings. The normalized spacial score (nSPS) is 27.8. The molecular formula is C15H20Cl2F2N2O. The van der Waals surface area contributed by atoms with Gasteiger partial charge in [0.25, 0.3) is 0 Å². The van der Waals surface area contributed by atoms with Crippen molar-refractivity contribution in [2.24, 2.45) is 17.6 Å². The molecule has 1 aliphatic carbocycles. The largest absolute Gasteiger partial charge is 0.434 e. The van der Waals surface area contributed by atoms with E-state index >= 15 is 0 Å². The Morgan fingerprint density at radius 2 is 2.09 bits per heavy atom. The van der Waals surface area contributed by atoms with E-state index in [2.05, 4.69) is 9.64 Å². The maximum Gasteiger partial charge on any atom is 0.387 e. The molecule has 7 heteroatoms. The topological polar surface area (TPSA) is 38.5 Å². The molecule has 1 saturated heterocycles. The molecule has 3 unspecified atom stereocenters. The molecule has 0 bridgehead atoms. The smallest absolute Gasteiger partial charge is 0.387 e. The number of hydrogen-bond donors (Lipinski definition) is 1. The van der Waals surface area contributed by atoms with Crippen LogP contribution in [0.2, 0.25) is 5.02 Å². The molecule has 3 rings (SSSR count).